The molecule has 0 rings (SSSR count). The molecule has 2 N–H and O–H groups in total. The van der Waals surface area contributed by atoms with E-state index in [1.54, 1.807) is 0 Å². The minimum Gasteiger partial charge on any atom is -0.481 e. The van der Waals surface area contributed by atoms with Gasteiger partial charge in [0.1, 0.15) is 0 Å². The van der Waals surface area contributed by atoms with Gasteiger partial charge in [-0.15, -0.1) is 0 Å². The average molecular weight is 173 g/mol. The zero-order valence-electron chi connectivity index (χ0n) is 8.13. The molecule has 0 spiro atoms. The first kappa shape index (κ1) is 11.4. The first-order valence-electron chi connectivity index (χ1n) is 4.51. The molecule has 3 nitrogen and oxygen atoms in total. The van der Waals surface area contributed by atoms with E-state index in [0.717, 1.165) is 13.0 Å². The zero-order chi connectivity index (χ0) is 9.56. The highest BCUT2D eigenvalue weighted by Gasteiger charge is 2.07. The van der Waals surface area contributed by atoms with Gasteiger partial charge in [-0.1, -0.05) is 13.8 Å². The van der Waals surface area contributed by atoms with Gasteiger partial charge in [0.2, 0.25) is 0 Å². The number of carboxylic acids is 1. The molecule has 3 heteroatoms. The van der Waals surface area contributed by atoms with Crippen LogP contribution in [0.3, 0.4) is 0 Å². The molecule has 0 heterocycles. The standard InChI is InChI=1S/C9H19NO2/c1-4-8(3)10-6-7(2)5-9(11)12/h7-8,10H,4-6H2,1-3H3,(H,11,12). The van der Waals surface area contributed by atoms with Crippen molar-refractivity contribution in [3.05, 3.63) is 0 Å². The molecule has 0 aromatic rings. The van der Waals surface area contributed by atoms with Gasteiger partial charge < -0.3 is 10.4 Å². The second-order valence-electron chi connectivity index (χ2n) is 3.42. The van der Waals surface area contributed by atoms with E-state index in [9.17, 15) is 4.79 Å². The summed E-state index contributed by atoms with van der Waals surface area (Å²) in [6, 6.07) is 0.487. The molecule has 0 aliphatic carbocycles. The van der Waals surface area contributed by atoms with Crippen molar-refractivity contribution in [2.24, 2.45) is 5.92 Å². The lowest BCUT2D eigenvalue weighted by Gasteiger charge is -2.14. The van der Waals surface area contributed by atoms with E-state index in [-0.39, 0.29) is 12.3 Å². The summed E-state index contributed by atoms with van der Waals surface area (Å²) in [7, 11) is 0. The lowest BCUT2D eigenvalue weighted by Crippen LogP contribution is -2.30. The van der Waals surface area contributed by atoms with Crippen LogP contribution in [0.2, 0.25) is 0 Å². The molecule has 72 valence electrons. The fraction of sp³-hybridized carbons (Fsp3) is 0.889. The van der Waals surface area contributed by atoms with E-state index in [2.05, 4.69) is 19.2 Å². The molecule has 2 atom stereocenters. The van der Waals surface area contributed by atoms with E-state index in [4.69, 9.17) is 5.11 Å². The van der Waals surface area contributed by atoms with Crippen LogP contribution in [0.1, 0.15) is 33.6 Å². The minimum atomic E-state index is -0.714. The monoisotopic (exact) mass is 173 g/mol. The van der Waals surface area contributed by atoms with Gasteiger partial charge in [0.05, 0.1) is 0 Å². The maximum atomic E-state index is 10.3. The SMILES string of the molecule is CCC(C)NCC(C)CC(=O)O. The number of nitrogens with one attached hydrogen (secondary N) is 1. The van der Waals surface area contributed by atoms with Crippen molar-refractivity contribution in [3.8, 4) is 0 Å². The maximum Gasteiger partial charge on any atom is 0.303 e. The lowest BCUT2D eigenvalue weighted by atomic mass is 10.1. The molecular weight excluding hydrogens is 154 g/mol. The fourth-order valence-corrected chi connectivity index (χ4v) is 0.917. The Morgan fingerprint density at radius 2 is 2.08 bits per heavy atom. The third-order valence-electron chi connectivity index (χ3n) is 1.95. The molecule has 0 saturated carbocycles. The number of hydrogen-bond acceptors (Lipinski definition) is 2. The normalized spacial score (nSPS) is 15.6. The molecule has 12 heavy (non-hydrogen) atoms. The number of rotatable bonds is 6. The summed E-state index contributed by atoms with van der Waals surface area (Å²) in [6.07, 6.45) is 1.34. The third-order valence-corrected chi connectivity index (χ3v) is 1.95. The van der Waals surface area contributed by atoms with E-state index in [0.29, 0.717) is 6.04 Å². The van der Waals surface area contributed by atoms with Crippen molar-refractivity contribution < 1.29 is 9.90 Å². The average Bonchev–Trinajstić information content (AvgIpc) is 1.99. The van der Waals surface area contributed by atoms with Crippen LogP contribution in [-0.4, -0.2) is 23.7 Å². The van der Waals surface area contributed by atoms with Gasteiger partial charge in [-0.25, -0.2) is 0 Å². The summed E-state index contributed by atoms with van der Waals surface area (Å²) in [6.45, 7) is 6.96. The lowest BCUT2D eigenvalue weighted by molar-refractivity contribution is -0.137. The first-order chi connectivity index (χ1) is 5.56. The molecule has 0 radical (unpaired) electrons. The molecule has 0 aliphatic rings. The molecule has 0 bridgehead atoms. The highest BCUT2D eigenvalue weighted by molar-refractivity contribution is 5.66. The van der Waals surface area contributed by atoms with Gasteiger partial charge in [-0.3, -0.25) is 4.79 Å². The van der Waals surface area contributed by atoms with Gasteiger partial charge in [0.15, 0.2) is 0 Å². The van der Waals surface area contributed by atoms with Crippen molar-refractivity contribution in [1.29, 1.82) is 0 Å². The summed E-state index contributed by atoms with van der Waals surface area (Å²) in [4.78, 5) is 10.3. The summed E-state index contributed by atoms with van der Waals surface area (Å²) < 4.78 is 0. The van der Waals surface area contributed by atoms with Crippen molar-refractivity contribution in [2.45, 2.75) is 39.7 Å². The highest BCUT2D eigenvalue weighted by atomic mass is 16.4. The van der Waals surface area contributed by atoms with Gasteiger partial charge >= 0.3 is 5.97 Å². The smallest absolute Gasteiger partial charge is 0.303 e. The quantitative estimate of drug-likeness (QED) is 0.639. The van der Waals surface area contributed by atoms with Crippen LogP contribution >= 0.6 is 0 Å². The second kappa shape index (κ2) is 6.00. The molecule has 0 saturated heterocycles. The van der Waals surface area contributed by atoms with E-state index in [1.165, 1.54) is 0 Å². The third kappa shape index (κ3) is 6.16. The van der Waals surface area contributed by atoms with Crippen molar-refractivity contribution in [1.82, 2.24) is 5.32 Å². The Hall–Kier alpha value is -0.570. The van der Waals surface area contributed by atoms with Gasteiger partial charge in [-0.05, 0) is 25.8 Å². The van der Waals surface area contributed by atoms with Crippen LogP contribution < -0.4 is 5.32 Å². The zero-order valence-corrected chi connectivity index (χ0v) is 8.13. The molecule has 0 aromatic carbocycles. The van der Waals surface area contributed by atoms with Crippen molar-refractivity contribution >= 4 is 5.97 Å². The summed E-state index contributed by atoms with van der Waals surface area (Å²) in [5, 5.41) is 11.8. The maximum absolute atomic E-state index is 10.3. The summed E-state index contributed by atoms with van der Waals surface area (Å²) >= 11 is 0. The molecule has 2 unspecified atom stereocenters. The van der Waals surface area contributed by atoms with Crippen LogP contribution in [0, 0.1) is 5.92 Å². The molecule has 0 amide bonds. The van der Waals surface area contributed by atoms with E-state index < -0.39 is 5.97 Å². The van der Waals surface area contributed by atoms with Crippen LogP contribution in [-0.2, 0) is 4.79 Å². The largest absolute Gasteiger partial charge is 0.481 e. The van der Waals surface area contributed by atoms with Gasteiger partial charge in [0, 0.05) is 12.5 Å². The molecule has 0 aromatic heterocycles. The first-order valence-corrected chi connectivity index (χ1v) is 4.51. The molecule has 0 fully saturated rings. The summed E-state index contributed by atoms with van der Waals surface area (Å²) in [5.41, 5.74) is 0. The Labute approximate surface area is 74.2 Å². The number of carboxylic acid groups (broad SMARTS) is 1. The van der Waals surface area contributed by atoms with Gasteiger partial charge in [-0.2, -0.15) is 0 Å². The Balaban J connectivity index is 3.43. The van der Waals surface area contributed by atoms with Gasteiger partial charge in [0.25, 0.3) is 0 Å². The van der Waals surface area contributed by atoms with E-state index in [1.807, 2.05) is 6.92 Å². The number of aliphatic carboxylic acids is 1. The fourth-order valence-electron chi connectivity index (χ4n) is 0.917. The van der Waals surface area contributed by atoms with Crippen LogP contribution in [0.25, 0.3) is 0 Å². The number of carbonyl (C=O) groups is 1. The van der Waals surface area contributed by atoms with E-state index >= 15 is 0 Å². The Morgan fingerprint density at radius 3 is 2.50 bits per heavy atom. The topological polar surface area (TPSA) is 49.3 Å². The molecular formula is C9H19NO2. The Morgan fingerprint density at radius 1 is 1.50 bits per heavy atom. The van der Waals surface area contributed by atoms with Crippen molar-refractivity contribution in [3.63, 3.8) is 0 Å². The highest BCUT2D eigenvalue weighted by Crippen LogP contribution is 2.00. The molecule has 0 aliphatic heterocycles. The van der Waals surface area contributed by atoms with Crippen molar-refractivity contribution in [2.75, 3.05) is 6.54 Å². The van der Waals surface area contributed by atoms with Crippen LogP contribution in [0.4, 0.5) is 0 Å². The predicted octanol–water partition coefficient (Wildman–Crippen LogP) is 1.49. The number of hydrogen-bond donors (Lipinski definition) is 2. The Kier molecular flexibility index (Phi) is 5.72. The minimum absolute atomic E-state index is 0.219. The predicted molar refractivity (Wildman–Crippen MR) is 49.2 cm³/mol. The second-order valence-corrected chi connectivity index (χ2v) is 3.42. The van der Waals surface area contributed by atoms with Crippen LogP contribution in [0.5, 0.6) is 0 Å². The summed E-state index contributed by atoms with van der Waals surface area (Å²) in [5.74, 6) is -0.495. The van der Waals surface area contributed by atoms with Crippen LogP contribution in [0.15, 0.2) is 0 Å². The Bertz CT molecular complexity index is 136.